The van der Waals surface area contributed by atoms with E-state index in [1.807, 2.05) is 43.3 Å². The summed E-state index contributed by atoms with van der Waals surface area (Å²) < 4.78 is 0. The van der Waals surface area contributed by atoms with Gasteiger partial charge >= 0.3 is 5.97 Å². The minimum atomic E-state index is -0.942. The lowest BCUT2D eigenvalue weighted by Crippen LogP contribution is -2.08. The Hall–Kier alpha value is -2.80. The summed E-state index contributed by atoms with van der Waals surface area (Å²) in [6.45, 7) is 0. The van der Waals surface area contributed by atoms with Crippen LogP contribution < -0.4 is 4.90 Å². The maximum absolute atomic E-state index is 10.8. The Morgan fingerprint density at radius 2 is 1.73 bits per heavy atom. The van der Waals surface area contributed by atoms with Crippen LogP contribution in [0.15, 0.2) is 48.5 Å². The van der Waals surface area contributed by atoms with Gasteiger partial charge in [-0.1, -0.05) is 24.3 Å². The zero-order valence-corrected chi connectivity index (χ0v) is 12.7. The number of benzene rings is 2. The molecule has 2 aromatic rings. The first kappa shape index (κ1) is 15.6. The van der Waals surface area contributed by atoms with Crippen molar-refractivity contribution in [1.29, 1.82) is 5.26 Å². The van der Waals surface area contributed by atoms with Crippen molar-refractivity contribution in [2.45, 2.75) is 12.3 Å². The minimum absolute atomic E-state index is 0.244. The highest BCUT2D eigenvalue weighted by atomic mass is 16.4. The van der Waals surface area contributed by atoms with Crippen LogP contribution in [0.1, 0.15) is 27.4 Å². The molecule has 1 unspecified atom stereocenters. The van der Waals surface area contributed by atoms with Gasteiger partial charge in [-0.05, 0) is 41.8 Å². The normalized spacial score (nSPS) is 11.5. The maximum Gasteiger partial charge on any atom is 0.335 e. The van der Waals surface area contributed by atoms with Crippen molar-refractivity contribution in [3.05, 3.63) is 65.2 Å². The van der Waals surface area contributed by atoms with Crippen molar-refractivity contribution >= 4 is 11.7 Å². The Kier molecular flexibility index (Phi) is 4.80. The second-order valence-corrected chi connectivity index (χ2v) is 5.37. The number of anilines is 1. The monoisotopic (exact) mass is 294 g/mol. The summed E-state index contributed by atoms with van der Waals surface area (Å²) in [6, 6.07) is 16.9. The van der Waals surface area contributed by atoms with Gasteiger partial charge in [0.25, 0.3) is 0 Å². The molecule has 0 aromatic heterocycles. The van der Waals surface area contributed by atoms with Gasteiger partial charge in [0.05, 0.1) is 17.6 Å². The summed E-state index contributed by atoms with van der Waals surface area (Å²) >= 11 is 0. The van der Waals surface area contributed by atoms with E-state index in [0.717, 1.165) is 16.8 Å². The van der Waals surface area contributed by atoms with E-state index in [1.165, 1.54) is 0 Å². The predicted octanol–water partition coefficient (Wildman–Crippen LogP) is 3.30. The molecule has 0 spiro atoms. The van der Waals surface area contributed by atoms with Crippen LogP contribution in [0.2, 0.25) is 0 Å². The third-order valence-corrected chi connectivity index (χ3v) is 3.61. The summed E-state index contributed by atoms with van der Waals surface area (Å²) in [5.74, 6) is -1.19. The SMILES string of the molecule is CN(C)c1ccc(C(C#N)Cc2ccc(C(=O)O)cc2)cc1. The highest BCUT2D eigenvalue weighted by Gasteiger charge is 2.12. The van der Waals surface area contributed by atoms with Gasteiger partial charge in [-0.3, -0.25) is 0 Å². The Morgan fingerprint density at radius 1 is 1.14 bits per heavy atom. The number of hydrogen-bond acceptors (Lipinski definition) is 3. The molecule has 1 atom stereocenters. The van der Waals surface area contributed by atoms with Gasteiger partial charge in [0.15, 0.2) is 0 Å². The van der Waals surface area contributed by atoms with Crippen LogP contribution in [0.3, 0.4) is 0 Å². The van der Waals surface area contributed by atoms with E-state index >= 15 is 0 Å². The third kappa shape index (κ3) is 3.64. The number of carboxylic acid groups (broad SMARTS) is 1. The lowest BCUT2D eigenvalue weighted by Gasteiger charge is -2.14. The zero-order chi connectivity index (χ0) is 16.1. The predicted molar refractivity (Wildman–Crippen MR) is 86.2 cm³/mol. The Labute approximate surface area is 130 Å². The second kappa shape index (κ2) is 6.77. The van der Waals surface area contributed by atoms with E-state index in [-0.39, 0.29) is 11.5 Å². The van der Waals surface area contributed by atoms with Crippen LogP contribution in [0.25, 0.3) is 0 Å². The molecule has 0 aliphatic carbocycles. The third-order valence-electron chi connectivity index (χ3n) is 3.61. The number of carbonyl (C=O) groups is 1. The topological polar surface area (TPSA) is 64.3 Å². The van der Waals surface area contributed by atoms with Gasteiger partial charge in [-0.15, -0.1) is 0 Å². The van der Waals surface area contributed by atoms with Crippen molar-refractivity contribution in [3.8, 4) is 6.07 Å². The standard InChI is InChI=1S/C18H18N2O2/c1-20(2)17-9-7-14(8-10-17)16(12-19)11-13-3-5-15(6-4-13)18(21)22/h3-10,16H,11H2,1-2H3,(H,21,22). The zero-order valence-electron chi connectivity index (χ0n) is 12.7. The molecule has 0 amide bonds. The fraction of sp³-hybridized carbons (Fsp3) is 0.222. The van der Waals surface area contributed by atoms with Crippen molar-refractivity contribution in [2.24, 2.45) is 0 Å². The average Bonchev–Trinajstić information content (AvgIpc) is 2.53. The number of hydrogen-bond donors (Lipinski definition) is 1. The van der Waals surface area contributed by atoms with Gasteiger partial charge in [-0.25, -0.2) is 4.79 Å². The largest absolute Gasteiger partial charge is 0.478 e. The molecular weight excluding hydrogens is 276 g/mol. The molecule has 0 aliphatic heterocycles. The quantitative estimate of drug-likeness (QED) is 0.919. The molecule has 1 N–H and O–H groups in total. The van der Waals surface area contributed by atoms with E-state index in [4.69, 9.17) is 5.11 Å². The van der Waals surface area contributed by atoms with Gasteiger partial charge in [0.2, 0.25) is 0 Å². The highest BCUT2D eigenvalue weighted by molar-refractivity contribution is 5.87. The van der Waals surface area contributed by atoms with Crippen LogP contribution in [0.4, 0.5) is 5.69 Å². The first-order chi connectivity index (χ1) is 10.5. The molecule has 0 saturated heterocycles. The average molecular weight is 294 g/mol. The molecule has 22 heavy (non-hydrogen) atoms. The summed E-state index contributed by atoms with van der Waals surface area (Å²) in [4.78, 5) is 12.9. The second-order valence-electron chi connectivity index (χ2n) is 5.37. The Bertz CT molecular complexity index is 683. The molecular formula is C18H18N2O2. The van der Waals surface area contributed by atoms with E-state index in [0.29, 0.717) is 6.42 Å². The lowest BCUT2D eigenvalue weighted by molar-refractivity contribution is 0.0697. The van der Waals surface area contributed by atoms with Gasteiger partial charge in [0.1, 0.15) is 0 Å². The van der Waals surface area contributed by atoms with Crippen molar-refractivity contribution in [1.82, 2.24) is 0 Å². The van der Waals surface area contributed by atoms with Crippen LogP contribution >= 0.6 is 0 Å². The number of nitrogens with zero attached hydrogens (tertiary/aromatic N) is 2. The van der Waals surface area contributed by atoms with Crippen molar-refractivity contribution in [2.75, 3.05) is 19.0 Å². The number of aromatic carboxylic acids is 1. The molecule has 2 rings (SSSR count). The molecule has 0 aliphatic rings. The smallest absolute Gasteiger partial charge is 0.335 e. The maximum atomic E-state index is 10.8. The molecule has 4 heteroatoms. The Morgan fingerprint density at radius 3 is 2.18 bits per heavy atom. The van der Waals surface area contributed by atoms with E-state index < -0.39 is 5.97 Å². The van der Waals surface area contributed by atoms with Crippen LogP contribution in [0, 0.1) is 11.3 Å². The molecule has 2 aromatic carbocycles. The van der Waals surface area contributed by atoms with E-state index in [1.54, 1.807) is 24.3 Å². The lowest BCUT2D eigenvalue weighted by atomic mass is 9.92. The van der Waals surface area contributed by atoms with Gasteiger partial charge < -0.3 is 10.0 Å². The highest BCUT2D eigenvalue weighted by Crippen LogP contribution is 2.23. The molecule has 112 valence electrons. The summed E-state index contributed by atoms with van der Waals surface area (Å²) in [7, 11) is 3.95. The first-order valence-corrected chi connectivity index (χ1v) is 7.00. The van der Waals surface area contributed by atoms with E-state index in [9.17, 15) is 10.1 Å². The van der Waals surface area contributed by atoms with Crippen molar-refractivity contribution in [3.63, 3.8) is 0 Å². The van der Waals surface area contributed by atoms with Gasteiger partial charge in [-0.2, -0.15) is 5.26 Å². The molecule has 0 saturated carbocycles. The molecule has 0 radical (unpaired) electrons. The molecule has 0 bridgehead atoms. The van der Waals surface area contributed by atoms with Gasteiger partial charge in [0, 0.05) is 19.8 Å². The summed E-state index contributed by atoms with van der Waals surface area (Å²) in [5, 5.41) is 18.3. The number of nitriles is 1. The fourth-order valence-electron chi connectivity index (χ4n) is 2.26. The van der Waals surface area contributed by atoms with Crippen molar-refractivity contribution < 1.29 is 9.90 Å². The van der Waals surface area contributed by atoms with Crippen LogP contribution in [-0.4, -0.2) is 25.2 Å². The number of carboxylic acids is 1. The molecule has 0 fully saturated rings. The molecule has 4 nitrogen and oxygen atoms in total. The van der Waals surface area contributed by atoms with E-state index in [2.05, 4.69) is 6.07 Å². The van der Waals surface area contributed by atoms with Crippen LogP contribution in [0.5, 0.6) is 0 Å². The fourth-order valence-corrected chi connectivity index (χ4v) is 2.26. The Balaban J connectivity index is 2.15. The van der Waals surface area contributed by atoms with Crippen LogP contribution in [-0.2, 0) is 6.42 Å². The summed E-state index contributed by atoms with van der Waals surface area (Å²) in [6.07, 6.45) is 0.567. The minimum Gasteiger partial charge on any atom is -0.478 e. The number of rotatable bonds is 5. The molecule has 0 heterocycles. The summed E-state index contributed by atoms with van der Waals surface area (Å²) in [5.41, 5.74) is 3.27. The first-order valence-electron chi connectivity index (χ1n) is 7.00.